The Hall–Kier alpha value is -2.98. The zero-order valence-corrected chi connectivity index (χ0v) is 23.6. The second-order valence-corrected chi connectivity index (χ2v) is 10.7. The Morgan fingerprint density at radius 2 is 1.84 bits per heavy atom. The highest BCUT2D eigenvalue weighted by atomic mass is 32.1. The molecule has 1 aromatic heterocycles. The van der Waals surface area contributed by atoms with E-state index >= 15 is 0 Å². The molecule has 1 heterocycles. The molecule has 0 fully saturated rings. The van der Waals surface area contributed by atoms with Gasteiger partial charge in [0.05, 0.1) is 5.92 Å². The summed E-state index contributed by atoms with van der Waals surface area (Å²) >= 11 is 1.27. The molecule has 4 atom stereocenters. The fraction of sp³-hybridized carbons (Fsp3) is 0.556. The van der Waals surface area contributed by atoms with Crippen LogP contribution in [0, 0.1) is 18.8 Å². The third kappa shape index (κ3) is 9.12. The van der Waals surface area contributed by atoms with Gasteiger partial charge in [-0.25, -0.2) is 4.98 Å². The Kier molecular flexibility index (Phi) is 11.5. The number of carboxylic acid groups (broad SMARTS) is 1. The summed E-state index contributed by atoms with van der Waals surface area (Å²) in [6.07, 6.45) is 0.709. The van der Waals surface area contributed by atoms with E-state index in [0.717, 1.165) is 16.8 Å². The molecule has 0 saturated heterocycles. The quantitative estimate of drug-likeness (QED) is 0.267. The highest BCUT2D eigenvalue weighted by Crippen LogP contribution is 2.28. The second-order valence-electron chi connectivity index (χ2n) is 9.79. The Labute approximate surface area is 223 Å². The fourth-order valence-corrected chi connectivity index (χ4v) is 5.06. The van der Waals surface area contributed by atoms with Crippen LogP contribution in [0.25, 0.3) is 0 Å². The summed E-state index contributed by atoms with van der Waals surface area (Å²) < 4.78 is 5.55. The van der Waals surface area contributed by atoms with Crippen LogP contribution in [0.5, 0.6) is 0 Å². The monoisotopic (exact) mass is 532 g/mol. The number of esters is 1. The van der Waals surface area contributed by atoms with Crippen molar-refractivity contribution in [1.29, 1.82) is 0 Å². The molecule has 204 valence electrons. The molecular weight excluding hydrogens is 492 g/mol. The highest BCUT2D eigenvalue weighted by molar-refractivity contribution is 7.09. The lowest BCUT2D eigenvalue weighted by atomic mass is 9.95. The number of hydrogen-bond acceptors (Lipinski definition) is 8. The Morgan fingerprint density at radius 3 is 2.41 bits per heavy atom. The van der Waals surface area contributed by atoms with E-state index in [-0.39, 0.29) is 24.1 Å². The molecule has 1 unspecified atom stereocenters. The van der Waals surface area contributed by atoms with Gasteiger partial charge in [0.15, 0.2) is 6.10 Å². The van der Waals surface area contributed by atoms with Crippen molar-refractivity contribution in [2.24, 2.45) is 11.8 Å². The number of aryl methyl sites for hydroxylation is 1. The van der Waals surface area contributed by atoms with E-state index in [9.17, 15) is 19.5 Å². The minimum atomic E-state index is -0.913. The molecule has 0 saturated carbocycles. The third-order valence-corrected chi connectivity index (χ3v) is 7.37. The molecule has 10 heteroatoms. The predicted octanol–water partition coefficient (Wildman–Crippen LogP) is 4.18. The zero-order chi connectivity index (χ0) is 27.7. The van der Waals surface area contributed by atoms with Gasteiger partial charge >= 0.3 is 11.9 Å². The Bertz CT molecular complexity index is 1070. The largest absolute Gasteiger partial charge is 0.481 e. The lowest BCUT2D eigenvalue weighted by Gasteiger charge is -2.24. The molecule has 1 aromatic carbocycles. The van der Waals surface area contributed by atoms with Crippen LogP contribution in [0.2, 0.25) is 0 Å². The zero-order valence-electron chi connectivity index (χ0n) is 22.8. The molecule has 0 bridgehead atoms. The van der Waals surface area contributed by atoms with Gasteiger partial charge in [0, 0.05) is 43.5 Å². The van der Waals surface area contributed by atoms with Crippen molar-refractivity contribution in [2.75, 3.05) is 19.4 Å². The third-order valence-electron chi connectivity index (χ3n) is 6.43. The van der Waals surface area contributed by atoms with Crippen molar-refractivity contribution in [1.82, 2.24) is 15.6 Å². The van der Waals surface area contributed by atoms with Gasteiger partial charge < -0.3 is 25.8 Å². The molecule has 1 amide bonds. The number of carbonyl (C=O) groups excluding carboxylic acids is 2. The summed E-state index contributed by atoms with van der Waals surface area (Å²) in [7, 11) is 3.71. The number of hydrogen-bond donors (Lipinski definition) is 4. The van der Waals surface area contributed by atoms with Gasteiger partial charge in [-0.1, -0.05) is 32.9 Å². The maximum absolute atomic E-state index is 13.2. The highest BCUT2D eigenvalue weighted by Gasteiger charge is 2.27. The summed E-state index contributed by atoms with van der Waals surface area (Å²) in [4.78, 5) is 41.0. The molecule has 2 aromatic rings. The molecule has 4 N–H and O–H groups in total. The molecule has 0 aliphatic rings. The first-order valence-electron chi connectivity index (χ1n) is 12.6. The van der Waals surface area contributed by atoms with E-state index < -0.39 is 30.0 Å². The van der Waals surface area contributed by atoms with Gasteiger partial charge in [0.1, 0.15) is 10.7 Å². The summed E-state index contributed by atoms with van der Waals surface area (Å²) in [5, 5.41) is 21.0. The molecular formula is C27H40N4O5S. The predicted molar refractivity (Wildman–Crippen MR) is 146 cm³/mol. The number of carboxylic acids is 1. The average Bonchev–Trinajstić information content (AvgIpc) is 3.32. The summed E-state index contributed by atoms with van der Waals surface area (Å²) in [6.45, 7) is 9.16. The smallest absolute Gasteiger partial charge is 0.306 e. The lowest BCUT2D eigenvalue weighted by Crippen LogP contribution is -2.39. The first kappa shape index (κ1) is 30.2. The molecule has 37 heavy (non-hydrogen) atoms. The van der Waals surface area contributed by atoms with Crippen LogP contribution in [-0.4, -0.2) is 54.1 Å². The normalized spacial score (nSPS) is 14.5. The van der Waals surface area contributed by atoms with Crippen LogP contribution in [-0.2, 0) is 20.7 Å². The number of nitrogens with zero attached hydrogens (tertiary/aromatic N) is 1. The maximum atomic E-state index is 13.2. The summed E-state index contributed by atoms with van der Waals surface area (Å²) in [5.74, 6) is -2.03. The first-order chi connectivity index (χ1) is 17.4. The first-order valence-corrected chi connectivity index (χ1v) is 13.4. The van der Waals surface area contributed by atoms with Gasteiger partial charge in [0.25, 0.3) is 5.91 Å². The Morgan fingerprint density at radius 1 is 1.14 bits per heavy atom. The van der Waals surface area contributed by atoms with Crippen molar-refractivity contribution >= 4 is 34.9 Å². The van der Waals surface area contributed by atoms with Crippen LogP contribution in [0.1, 0.15) is 73.3 Å². The van der Waals surface area contributed by atoms with Crippen LogP contribution >= 0.6 is 11.3 Å². The number of aliphatic carboxylic acids is 1. The molecule has 0 aliphatic heterocycles. The van der Waals surface area contributed by atoms with Crippen LogP contribution in [0.4, 0.5) is 5.69 Å². The summed E-state index contributed by atoms with van der Waals surface area (Å²) in [5.41, 5.74) is 3.28. The minimum Gasteiger partial charge on any atom is -0.481 e. The van der Waals surface area contributed by atoms with Crippen molar-refractivity contribution in [3.05, 3.63) is 45.4 Å². The fourth-order valence-electron chi connectivity index (χ4n) is 4.22. The van der Waals surface area contributed by atoms with Gasteiger partial charge in [0.2, 0.25) is 0 Å². The van der Waals surface area contributed by atoms with E-state index in [4.69, 9.17) is 4.74 Å². The molecule has 9 nitrogen and oxygen atoms in total. The number of ether oxygens (including phenoxy) is 1. The van der Waals surface area contributed by atoms with E-state index in [0.29, 0.717) is 23.8 Å². The van der Waals surface area contributed by atoms with Crippen molar-refractivity contribution in [2.45, 2.75) is 72.1 Å². The average molecular weight is 533 g/mol. The lowest BCUT2D eigenvalue weighted by molar-refractivity contribution is -0.147. The summed E-state index contributed by atoms with van der Waals surface area (Å²) in [6, 6.07) is 5.69. The van der Waals surface area contributed by atoms with Gasteiger partial charge in [-0.15, -0.1) is 11.3 Å². The number of amides is 1. The number of thiazole rings is 1. The second kappa shape index (κ2) is 14.1. The number of carbonyl (C=O) groups is 3. The van der Waals surface area contributed by atoms with Crippen molar-refractivity contribution in [3.8, 4) is 0 Å². The number of anilines is 1. The molecule has 0 aliphatic carbocycles. The van der Waals surface area contributed by atoms with Crippen LogP contribution < -0.4 is 16.0 Å². The topological polar surface area (TPSA) is 130 Å². The van der Waals surface area contributed by atoms with Crippen molar-refractivity contribution in [3.63, 3.8) is 0 Å². The Balaban J connectivity index is 2.24. The van der Waals surface area contributed by atoms with E-state index in [1.165, 1.54) is 18.3 Å². The standard InChI is InChI=1S/C27H40N4O5S/c1-15(2)21(28-6)13-24(36-18(5)32)26-31-23(14-37-26)25(33)30-20(10-17(4)27(34)35)11-19-9-8-16(3)22(12-19)29-7/h8-9,12,14-15,17,20-21,24,28-29H,10-11,13H2,1-7H3,(H,30,33)(H,34,35)/t17?,20-,21-,24-/m1/s1. The van der Waals surface area contributed by atoms with Crippen LogP contribution in [0.3, 0.4) is 0 Å². The number of aromatic nitrogens is 1. The number of benzene rings is 1. The van der Waals surface area contributed by atoms with Gasteiger partial charge in [-0.3, -0.25) is 14.4 Å². The molecule has 0 radical (unpaired) electrons. The van der Waals surface area contributed by atoms with Gasteiger partial charge in [-0.05, 0) is 49.9 Å². The SMILES string of the molecule is CNc1cc(C[C@@H](CC(C)C(=O)O)NC(=O)c2csc([C@@H](C[C@@H](NC)C(C)C)OC(C)=O)n2)ccc1C. The van der Waals surface area contributed by atoms with E-state index in [1.54, 1.807) is 12.3 Å². The van der Waals surface area contributed by atoms with E-state index in [2.05, 4.69) is 34.8 Å². The molecule has 0 spiro atoms. The number of nitrogens with one attached hydrogen (secondary N) is 3. The van der Waals surface area contributed by atoms with Crippen molar-refractivity contribution < 1.29 is 24.2 Å². The number of rotatable bonds is 14. The van der Waals surface area contributed by atoms with E-state index in [1.807, 2.05) is 39.2 Å². The maximum Gasteiger partial charge on any atom is 0.306 e. The van der Waals surface area contributed by atoms with Gasteiger partial charge in [-0.2, -0.15) is 0 Å². The minimum absolute atomic E-state index is 0.101. The van der Waals surface area contributed by atoms with Crippen LogP contribution in [0.15, 0.2) is 23.6 Å². The molecule has 2 rings (SSSR count).